The predicted molar refractivity (Wildman–Crippen MR) is 49.3 cm³/mol. The summed E-state index contributed by atoms with van der Waals surface area (Å²) in [7, 11) is 1.79. The Balaban J connectivity index is 2.36. The fourth-order valence-corrected chi connectivity index (χ4v) is 1.05. The van der Waals surface area contributed by atoms with Crippen molar-refractivity contribution in [3.63, 3.8) is 0 Å². The van der Waals surface area contributed by atoms with Crippen LogP contribution in [0.1, 0.15) is 0 Å². The number of nitrogens with one attached hydrogen (secondary N) is 1. The van der Waals surface area contributed by atoms with Crippen LogP contribution in [0.3, 0.4) is 0 Å². The predicted octanol–water partition coefficient (Wildman–Crippen LogP) is 1.78. The maximum absolute atomic E-state index is 4.99. The van der Waals surface area contributed by atoms with Gasteiger partial charge in [0, 0.05) is 31.1 Å². The van der Waals surface area contributed by atoms with Gasteiger partial charge in [0.1, 0.15) is 5.69 Å². The highest BCUT2D eigenvalue weighted by atomic mass is 16.5. The molecule has 4 nitrogen and oxygen atoms in total. The molecular formula is C9H9N3O. The second-order valence-corrected chi connectivity index (χ2v) is 2.56. The summed E-state index contributed by atoms with van der Waals surface area (Å²) in [6.07, 6.45) is 3.45. The van der Waals surface area contributed by atoms with Gasteiger partial charge in [-0.25, -0.2) is 0 Å². The van der Waals surface area contributed by atoms with E-state index in [1.54, 1.807) is 19.4 Å². The molecule has 0 fully saturated rings. The van der Waals surface area contributed by atoms with E-state index in [0.717, 1.165) is 11.3 Å². The molecule has 0 aliphatic carbocycles. The van der Waals surface area contributed by atoms with Crippen molar-refractivity contribution in [1.82, 2.24) is 10.1 Å². The van der Waals surface area contributed by atoms with Crippen LogP contribution in [0.4, 0.5) is 5.88 Å². The van der Waals surface area contributed by atoms with E-state index >= 15 is 0 Å². The fraction of sp³-hybridized carbons (Fsp3) is 0.111. The van der Waals surface area contributed by atoms with Crippen LogP contribution in [0.15, 0.2) is 35.1 Å². The zero-order valence-electron chi connectivity index (χ0n) is 7.19. The fourth-order valence-electron chi connectivity index (χ4n) is 1.05. The molecule has 2 rings (SSSR count). The van der Waals surface area contributed by atoms with Crippen molar-refractivity contribution < 1.29 is 4.52 Å². The van der Waals surface area contributed by atoms with Crippen molar-refractivity contribution in [1.29, 1.82) is 0 Å². The molecule has 2 aromatic rings. The molecule has 0 radical (unpaired) electrons. The van der Waals surface area contributed by atoms with E-state index in [9.17, 15) is 0 Å². The van der Waals surface area contributed by atoms with E-state index in [1.165, 1.54) is 0 Å². The van der Waals surface area contributed by atoms with Gasteiger partial charge < -0.3 is 9.84 Å². The van der Waals surface area contributed by atoms with Gasteiger partial charge in [0.05, 0.1) is 0 Å². The van der Waals surface area contributed by atoms with Gasteiger partial charge in [0.2, 0.25) is 5.88 Å². The Morgan fingerprint density at radius 1 is 1.31 bits per heavy atom. The molecule has 0 aliphatic heterocycles. The molecule has 66 valence electrons. The molecule has 1 N–H and O–H groups in total. The topological polar surface area (TPSA) is 51.0 Å². The maximum Gasteiger partial charge on any atom is 0.225 e. The zero-order chi connectivity index (χ0) is 9.10. The standard InChI is InChI=1S/C9H9N3O/c1-10-9-6-8(12-13-9)7-2-4-11-5-3-7/h2-6,10H,1H3. The lowest BCUT2D eigenvalue weighted by molar-refractivity contribution is 0.436. The minimum Gasteiger partial charge on any atom is -0.357 e. The van der Waals surface area contributed by atoms with E-state index in [0.29, 0.717) is 5.88 Å². The second-order valence-electron chi connectivity index (χ2n) is 2.56. The molecule has 0 aliphatic rings. The zero-order valence-corrected chi connectivity index (χ0v) is 7.19. The normalized spacial score (nSPS) is 9.92. The average Bonchev–Trinajstić information content (AvgIpc) is 2.67. The Labute approximate surface area is 75.6 Å². The molecule has 0 atom stereocenters. The van der Waals surface area contributed by atoms with E-state index in [2.05, 4.69) is 15.5 Å². The van der Waals surface area contributed by atoms with Crippen molar-refractivity contribution in [2.75, 3.05) is 12.4 Å². The van der Waals surface area contributed by atoms with Crippen LogP contribution in [0.2, 0.25) is 0 Å². The molecule has 0 amide bonds. The molecule has 0 bridgehead atoms. The van der Waals surface area contributed by atoms with E-state index in [1.807, 2.05) is 18.2 Å². The van der Waals surface area contributed by atoms with E-state index in [-0.39, 0.29) is 0 Å². The van der Waals surface area contributed by atoms with Gasteiger partial charge in [-0.15, -0.1) is 0 Å². The molecule has 2 heterocycles. The van der Waals surface area contributed by atoms with Gasteiger partial charge in [-0.3, -0.25) is 4.98 Å². The third-order valence-electron chi connectivity index (χ3n) is 1.73. The second kappa shape index (κ2) is 3.26. The first-order valence-electron chi connectivity index (χ1n) is 3.95. The lowest BCUT2D eigenvalue weighted by Gasteiger charge is -1.90. The molecule has 0 spiro atoms. The molecule has 13 heavy (non-hydrogen) atoms. The molecule has 0 unspecified atom stereocenters. The number of nitrogens with zero attached hydrogens (tertiary/aromatic N) is 2. The molecule has 0 saturated heterocycles. The van der Waals surface area contributed by atoms with E-state index < -0.39 is 0 Å². The van der Waals surface area contributed by atoms with Gasteiger partial charge >= 0.3 is 0 Å². The third-order valence-corrected chi connectivity index (χ3v) is 1.73. The summed E-state index contributed by atoms with van der Waals surface area (Å²) < 4.78 is 4.99. The maximum atomic E-state index is 4.99. The third kappa shape index (κ3) is 1.51. The lowest BCUT2D eigenvalue weighted by atomic mass is 10.2. The average molecular weight is 175 g/mol. The van der Waals surface area contributed by atoms with Crippen LogP contribution >= 0.6 is 0 Å². The molecule has 4 heteroatoms. The van der Waals surface area contributed by atoms with Gasteiger partial charge in [-0.2, -0.15) is 0 Å². The van der Waals surface area contributed by atoms with Crippen molar-refractivity contribution in [2.24, 2.45) is 0 Å². The minimum absolute atomic E-state index is 0.659. The summed E-state index contributed by atoms with van der Waals surface area (Å²) in [5.41, 5.74) is 1.81. The highest BCUT2D eigenvalue weighted by Crippen LogP contribution is 2.19. The monoisotopic (exact) mass is 175 g/mol. The van der Waals surface area contributed by atoms with E-state index in [4.69, 9.17) is 4.52 Å². The van der Waals surface area contributed by atoms with Crippen molar-refractivity contribution >= 4 is 5.88 Å². The largest absolute Gasteiger partial charge is 0.357 e. The number of hydrogen-bond acceptors (Lipinski definition) is 4. The van der Waals surface area contributed by atoms with Crippen LogP contribution in [0.25, 0.3) is 11.3 Å². The molecule has 2 aromatic heterocycles. The lowest BCUT2D eigenvalue weighted by Crippen LogP contribution is -1.82. The van der Waals surface area contributed by atoms with Gasteiger partial charge in [-0.05, 0) is 12.1 Å². The number of hydrogen-bond donors (Lipinski definition) is 1. The molecule has 0 aromatic carbocycles. The van der Waals surface area contributed by atoms with Crippen LogP contribution in [0, 0.1) is 0 Å². The Hall–Kier alpha value is -1.84. The van der Waals surface area contributed by atoms with Crippen molar-refractivity contribution in [3.05, 3.63) is 30.6 Å². The quantitative estimate of drug-likeness (QED) is 0.755. The summed E-state index contributed by atoms with van der Waals surface area (Å²) in [4.78, 5) is 3.92. The minimum atomic E-state index is 0.659. The number of anilines is 1. The number of pyridine rings is 1. The van der Waals surface area contributed by atoms with Crippen LogP contribution < -0.4 is 5.32 Å². The Morgan fingerprint density at radius 3 is 2.69 bits per heavy atom. The van der Waals surface area contributed by atoms with Crippen molar-refractivity contribution in [2.45, 2.75) is 0 Å². The van der Waals surface area contributed by atoms with Gasteiger partial charge in [0.15, 0.2) is 0 Å². The smallest absolute Gasteiger partial charge is 0.225 e. The summed E-state index contributed by atoms with van der Waals surface area (Å²) in [6.45, 7) is 0. The Bertz CT molecular complexity index is 383. The Kier molecular flexibility index (Phi) is 1.96. The summed E-state index contributed by atoms with van der Waals surface area (Å²) in [5, 5.41) is 6.76. The van der Waals surface area contributed by atoms with Crippen LogP contribution in [-0.2, 0) is 0 Å². The van der Waals surface area contributed by atoms with Crippen LogP contribution in [-0.4, -0.2) is 17.2 Å². The van der Waals surface area contributed by atoms with Gasteiger partial charge in [0.25, 0.3) is 0 Å². The summed E-state index contributed by atoms with van der Waals surface area (Å²) in [5.74, 6) is 0.659. The molecule has 0 saturated carbocycles. The summed E-state index contributed by atoms with van der Waals surface area (Å²) in [6, 6.07) is 5.61. The first-order valence-corrected chi connectivity index (χ1v) is 3.95. The SMILES string of the molecule is CNc1cc(-c2ccncc2)no1. The summed E-state index contributed by atoms with van der Waals surface area (Å²) >= 11 is 0. The first kappa shape index (κ1) is 7.79. The Morgan fingerprint density at radius 2 is 2.08 bits per heavy atom. The number of aromatic nitrogens is 2. The van der Waals surface area contributed by atoms with Crippen molar-refractivity contribution in [3.8, 4) is 11.3 Å². The van der Waals surface area contributed by atoms with Gasteiger partial charge in [-0.1, -0.05) is 5.16 Å². The molecular weight excluding hydrogens is 166 g/mol. The highest BCUT2D eigenvalue weighted by molar-refractivity contribution is 5.60. The highest BCUT2D eigenvalue weighted by Gasteiger charge is 2.03. The van der Waals surface area contributed by atoms with Crippen LogP contribution in [0.5, 0.6) is 0 Å². The number of rotatable bonds is 2. The first-order chi connectivity index (χ1) is 6.40.